The number of hydrogen-bond donors (Lipinski definition) is 2. The molecule has 0 spiro atoms. The molecule has 8 rings (SSSR count). The molecule has 1 fully saturated rings. The lowest BCUT2D eigenvalue weighted by Gasteiger charge is -2.41. The lowest BCUT2D eigenvalue weighted by molar-refractivity contribution is 0.0566. The molecule has 1 atom stereocenters. The lowest BCUT2D eigenvalue weighted by Crippen LogP contribution is -2.51. The molecule has 0 radical (unpaired) electrons. The number of phenols is 1. The minimum Gasteiger partial charge on any atom is -0.508 e. The van der Waals surface area contributed by atoms with Crippen molar-refractivity contribution >= 4 is 23.2 Å². The summed E-state index contributed by atoms with van der Waals surface area (Å²) in [5.74, 6) is -0.595. The van der Waals surface area contributed by atoms with E-state index in [0.717, 1.165) is 74.1 Å². The van der Waals surface area contributed by atoms with Crippen LogP contribution in [0.15, 0.2) is 72.8 Å². The summed E-state index contributed by atoms with van der Waals surface area (Å²) in [6.45, 7) is 5.09. The first kappa shape index (κ1) is 38.1. The molecule has 10 nitrogen and oxygen atoms in total. The molecular formula is C45H47F2N7O3. The predicted octanol–water partition coefficient (Wildman–Crippen LogP) is 7.76. The van der Waals surface area contributed by atoms with Gasteiger partial charge in [-0.3, -0.25) is 19.1 Å². The second-order valence-electron chi connectivity index (χ2n) is 15.5. The van der Waals surface area contributed by atoms with Gasteiger partial charge in [-0.2, -0.15) is 14.0 Å². The first-order chi connectivity index (χ1) is 27.5. The van der Waals surface area contributed by atoms with Crippen molar-refractivity contribution in [1.29, 1.82) is 5.26 Å². The molecule has 1 saturated heterocycles. The molecule has 0 unspecified atom stereocenters. The normalized spacial score (nSPS) is 16.9. The molecule has 2 amide bonds. The molecule has 57 heavy (non-hydrogen) atoms. The van der Waals surface area contributed by atoms with E-state index < -0.39 is 12.5 Å². The Balaban J connectivity index is 1.24. The zero-order chi connectivity index (χ0) is 40.0. The number of piperidine rings is 1. The second-order valence-corrected chi connectivity index (χ2v) is 15.5. The van der Waals surface area contributed by atoms with Crippen molar-refractivity contribution in [2.45, 2.75) is 71.6 Å². The van der Waals surface area contributed by atoms with Crippen LogP contribution in [0.3, 0.4) is 0 Å². The largest absolute Gasteiger partial charge is 0.508 e. The van der Waals surface area contributed by atoms with Gasteiger partial charge in [0.15, 0.2) is 0 Å². The molecule has 3 aromatic carbocycles. The zero-order valence-electron chi connectivity index (χ0n) is 32.6. The number of phenolic OH excluding ortho intramolecular Hbond substituents is 1. The Kier molecular flexibility index (Phi) is 10.5. The molecule has 294 valence electrons. The number of likely N-dealkylation sites (tertiary alicyclic amines) is 1. The van der Waals surface area contributed by atoms with Gasteiger partial charge in [0.25, 0.3) is 11.8 Å². The number of halogens is 2. The van der Waals surface area contributed by atoms with E-state index >= 15 is 4.79 Å². The number of alkyl halides is 2. The van der Waals surface area contributed by atoms with Crippen LogP contribution in [0.5, 0.6) is 5.75 Å². The summed E-state index contributed by atoms with van der Waals surface area (Å²) in [5, 5.41) is 23.3. The third-order valence-electron chi connectivity index (χ3n) is 12.2. The monoisotopic (exact) mass is 771 g/mol. The fourth-order valence-electron chi connectivity index (χ4n) is 8.94. The van der Waals surface area contributed by atoms with Crippen molar-refractivity contribution in [2.75, 3.05) is 31.1 Å². The quantitative estimate of drug-likeness (QED) is 0.167. The summed E-state index contributed by atoms with van der Waals surface area (Å²) in [6.07, 6.45) is 5.12. The SMILES string of the molecule is Cc1c(C(=O)N(c2ccc(O)cc2)c2cc(C#N)n(C(F)F)c2C)cc(-c2cc3c(cc2C(=O)N2Cc4ccccc4C[C@H]2CN2CCCCC2)CNCC3)n1C. The molecule has 0 saturated carbocycles. The summed E-state index contributed by atoms with van der Waals surface area (Å²) in [6, 6.07) is 23.3. The van der Waals surface area contributed by atoms with Gasteiger partial charge in [0.1, 0.15) is 17.5 Å². The van der Waals surface area contributed by atoms with Crippen molar-refractivity contribution in [3.05, 3.63) is 123 Å². The highest BCUT2D eigenvalue weighted by Crippen LogP contribution is 2.39. The van der Waals surface area contributed by atoms with Gasteiger partial charge in [-0.1, -0.05) is 30.7 Å². The van der Waals surface area contributed by atoms with Gasteiger partial charge in [0, 0.05) is 66.6 Å². The van der Waals surface area contributed by atoms with Crippen molar-refractivity contribution < 1.29 is 23.5 Å². The molecule has 12 heteroatoms. The van der Waals surface area contributed by atoms with Crippen molar-refractivity contribution in [2.24, 2.45) is 7.05 Å². The van der Waals surface area contributed by atoms with E-state index in [-0.39, 0.29) is 34.8 Å². The van der Waals surface area contributed by atoms with E-state index in [1.54, 1.807) is 6.07 Å². The smallest absolute Gasteiger partial charge is 0.319 e. The average Bonchev–Trinajstić information content (AvgIpc) is 3.72. The first-order valence-electron chi connectivity index (χ1n) is 19.7. The van der Waals surface area contributed by atoms with Gasteiger partial charge < -0.3 is 24.8 Å². The molecule has 2 aromatic heterocycles. The maximum Gasteiger partial charge on any atom is 0.319 e. The number of fused-ring (bicyclic) bond motifs is 2. The van der Waals surface area contributed by atoms with E-state index in [0.29, 0.717) is 45.9 Å². The molecule has 2 N–H and O–H groups in total. The Morgan fingerprint density at radius 1 is 0.930 bits per heavy atom. The summed E-state index contributed by atoms with van der Waals surface area (Å²) in [7, 11) is 1.87. The van der Waals surface area contributed by atoms with Crippen LogP contribution in [0.4, 0.5) is 20.2 Å². The van der Waals surface area contributed by atoms with E-state index in [4.69, 9.17) is 0 Å². The molecule has 5 aromatic rings. The predicted molar refractivity (Wildman–Crippen MR) is 215 cm³/mol. The van der Waals surface area contributed by atoms with Crippen LogP contribution in [-0.2, 0) is 33.0 Å². The number of aromatic nitrogens is 2. The fraction of sp³-hybridized carbons (Fsp3) is 0.356. The number of amides is 2. The number of hydrogen-bond acceptors (Lipinski definition) is 6. The molecular weight excluding hydrogens is 725 g/mol. The Morgan fingerprint density at radius 3 is 2.37 bits per heavy atom. The molecule has 0 aliphatic carbocycles. The maximum absolute atomic E-state index is 15.2. The van der Waals surface area contributed by atoms with Gasteiger partial charge in [-0.25, -0.2) is 0 Å². The lowest BCUT2D eigenvalue weighted by atomic mass is 9.89. The minimum absolute atomic E-state index is 0.0132. The number of rotatable bonds is 8. The molecule has 3 aliphatic heterocycles. The number of nitriles is 1. The average molecular weight is 772 g/mol. The molecule has 0 bridgehead atoms. The number of nitrogens with one attached hydrogen (secondary N) is 1. The van der Waals surface area contributed by atoms with Gasteiger partial charge in [0.2, 0.25) is 0 Å². The summed E-state index contributed by atoms with van der Waals surface area (Å²) < 4.78 is 31.0. The number of anilines is 2. The number of aromatic hydroxyl groups is 1. The third-order valence-corrected chi connectivity index (χ3v) is 12.2. The van der Waals surface area contributed by atoms with Gasteiger partial charge in [0.05, 0.1) is 11.3 Å². The topological polar surface area (TPSA) is 110 Å². The Hall–Kier alpha value is -5.77. The minimum atomic E-state index is -3.00. The van der Waals surface area contributed by atoms with Gasteiger partial charge >= 0.3 is 6.55 Å². The fourth-order valence-corrected chi connectivity index (χ4v) is 8.94. The van der Waals surface area contributed by atoms with Gasteiger partial charge in [-0.05, 0) is 130 Å². The second kappa shape index (κ2) is 15.6. The van der Waals surface area contributed by atoms with E-state index in [1.165, 1.54) is 54.1 Å². The van der Waals surface area contributed by atoms with E-state index in [1.807, 2.05) is 36.7 Å². The van der Waals surface area contributed by atoms with Crippen LogP contribution in [0.1, 0.15) is 85.9 Å². The third kappa shape index (κ3) is 7.11. The van der Waals surface area contributed by atoms with Crippen molar-refractivity contribution in [1.82, 2.24) is 24.3 Å². The van der Waals surface area contributed by atoms with E-state index in [9.17, 15) is 23.9 Å². The number of carbonyl (C=O) groups is 2. The maximum atomic E-state index is 15.2. The summed E-state index contributed by atoms with van der Waals surface area (Å²) in [4.78, 5) is 36.0. The Morgan fingerprint density at radius 2 is 1.67 bits per heavy atom. The van der Waals surface area contributed by atoms with Crippen LogP contribution in [0, 0.1) is 25.2 Å². The highest BCUT2D eigenvalue weighted by atomic mass is 19.3. The van der Waals surface area contributed by atoms with Crippen molar-refractivity contribution in [3.8, 4) is 23.1 Å². The van der Waals surface area contributed by atoms with Gasteiger partial charge in [-0.15, -0.1) is 0 Å². The Bertz CT molecular complexity index is 2390. The zero-order valence-corrected chi connectivity index (χ0v) is 32.6. The van der Waals surface area contributed by atoms with Crippen LogP contribution in [-0.4, -0.2) is 68.1 Å². The first-order valence-corrected chi connectivity index (χ1v) is 19.7. The highest BCUT2D eigenvalue weighted by Gasteiger charge is 2.35. The van der Waals surface area contributed by atoms with Crippen LogP contribution in [0.25, 0.3) is 11.3 Å². The van der Waals surface area contributed by atoms with Crippen molar-refractivity contribution in [3.63, 3.8) is 0 Å². The highest BCUT2D eigenvalue weighted by molar-refractivity contribution is 6.13. The number of benzene rings is 3. The number of nitrogens with zero attached hydrogens (tertiary/aromatic N) is 6. The molecule has 3 aliphatic rings. The summed E-state index contributed by atoms with van der Waals surface area (Å²) in [5.41, 5.74) is 7.71. The summed E-state index contributed by atoms with van der Waals surface area (Å²) >= 11 is 0. The Labute approximate surface area is 331 Å². The standard InChI is InChI=1S/C45H47F2N7O3/c1-28-38(44(57)54(34-11-13-37(55)14-12-34)41-22-35(24-48)53(29(41)2)45(46)47)23-42(50(28)3)39-20-31-15-16-49-25-33(31)21-40(39)43(56)52-26-32-10-6-5-9-30(32)19-36(52)27-51-17-7-4-8-18-51/h5-6,9-14,20-23,36,45,49,55H,4,7-8,15-19,25-27H2,1-3H3/t36-/m0/s1. The van der Waals surface area contributed by atoms with Crippen LogP contribution in [0.2, 0.25) is 0 Å². The van der Waals surface area contributed by atoms with E-state index in [2.05, 4.69) is 39.4 Å². The molecule has 5 heterocycles. The van der Waals surface area contributed by atoms with Crippen LogP contribution < -0.4 is 10.2 Å². The van der Waals surface area contributed by atoms with Crippen LogP contribution >= 0.6 is 0 Å². The number of carbonyl (C=O) groups excluding carboxylic acids is 2.